The van der Waals surface area contributed by atoms with Crippen LogP contribution in [0.4, 0.5) is 0 Å². The van der Waals surface area contributed by atoms with E-state index in [1.54, 1.807) is 0 Å². The van der Waals surface area contributed by atoms with Gasteiger partial charge in [0.2, 0.25) is 0 Å². The van der Waals surface area contributed by atoms with Crippen LogP contribution in [0.25, 0.3) is 0 Å². The topological polar surface area (TPSA) is 62.5 Å². The fraction of sp³-hybridized carbons (Fsp3) is 0.750. The van der Waals surface area contributed by atoms with E-state index in [2.05, 4.69) is 55.4 Å². The summed E-state index contributed by atoms with van der Waals surface area (Å²) < 4.78 is 5.30. The molecule has 5 nitrogen and oxygen atoms in total. The summed E-state index contributed by atoms with van der Waals surface area (Å²) in [7, 11) is 0. The summed E-state index contributed by atoms with van der Waals surface area (Å²) in [5, 5.41) is 10.6. The zero-order valence-electron chi connectivity index (χ0n) is 14.5. The molecule has 0 saturated carbocycles. The number of hydrogen-bond donors (Lipinski definition) is 2. The Morgan fingerprint density at radius 2 is 2.00 bits per heavy atom. The number of nitrogens with one attached hydrogen (secondary N) is 2. The van der Waals surface area contributed by atoms with Crippen LogP contribution in [0, 0.1) is 5.92 Å². The molecule has 0 aliphatic heterocycles. The van der Waals surface area contributed by atoms with Crippen LogP contribution < -0.4 is 10.6 Å². The summed E-state index contributed by atoms with van der Waals surface area (Å²) in [4.78, 5) is 4.53. The summed E-state index contributed by atoms with van der Waals surface area (Å²) in [5.74, 6) is 2.77. The number of aliphatic imine (C=N–C) groups is 1. The molecule has 0 unspecified atom stereocenters. The van der Waals surface area contributed by atoms with Crippen LogP contribution in [0.3, 0.4) is 0 Å². The third-order valence-corrected chi connectivity index (χ3v) is 3.16. The van der Waals surface area contributed by atoms with E-state index in [0.717, 1.165) is 42.8 Å². The molecule has 1 rings (SSSR count). The van der Waals surface area contributed by atoms with Crippen LogP contribution in [0.1, 0.15) is 64.8 Å². The van der Waals surface area contributed by atoms with E-state index in [-0.39, 0.29) is 24.0 Å². The summed E-state index contributed by atoms with van der Waals surface area (Å²) in [6, 6.07) is 1.98. The Bertz CT molecular complexity index is 430. The second-order valence-electron chi connectivity index (χ2n) is 6.03. The Balaban J connectivity index is 0.00000441. The van der Waals surface area contributed by atoms with Crippen molar-refractivity contribution in [2.75, 3.05) is 13.1 Å². The quantitative estimate of drug-likeness (QED) is 0.289. The van der Waals surface area contributed by atoms with Crippen LogP contribution in [-0.4, -0.2) is 24.2 Å². The Hall–Kier alpha value is -0.790. The predicted molar refractivity (Wildman–Crippen MR) is 103 cm³/mol. The minimum atomic E-state index is 0. The molecule has 0 aliphatic rings. The normalized spacial score (nSPS) is 11.7. The third-order valence-electron chi connectivity index (χ3n) is 3.16. The zero-order chi connectivity index (χ0) is 15.7. The zero-order valence-corrected chi connectivity index (χ0v) is 16.8. The van der Waals surface area contributed by atoms with E-state index in [4.69, 9.17) is 4.52 Å². The predicted octanol–water partition coefficient (Wildman–Crippen LogP) is 3.91. The molecule has 0 spiro atoms. The van der Waals surface area contributed by atoms with Gasteiger partial charge in [-0.2, -0.15) is 0 Å². The molecule has 0 aromatic carbocycles. The maximum Gasteiger partial charge on any atom is 0.191 e. The monoisotopic (exact) mass is 422 g/mol. The van der Waals surface area contributed by atoms with Gasteiger partial charge in [-0.15, -0.1) is 24.0 Å². The van der Waals surface area contributed by atoms with Gasteiger partial charge in [-0.05, 0) is 31.6 Å². The van der Waals surface area contributed by atoms with Gasteiger partial charge < -0.3 is 15.2 Å². The standard InChI is InChI=1S/C16H30N4O.HI/c1-6-17-16(18-9-7-8-12(2)3)19-11-14-10-15(13(4)5)20-21-14;/h10,12-13H,6-9,11H2,1-5H3,(H2,17,18,19);1H. The summed E-state index contributed by atoms with van der Waals surface area (Å²) >= 11 is 0. The molecule has 22 heavy (non-hydrogen) atoms. The molecule has 0 fully saturated rings. The van der Waals surface area contributed by atoms with Crippen molar-refractivity contribution in [1.82, 2.24) is 15.8 Å². The lowest BCUT2D eigenvalue weighted by atomic mass is 10.1. The summed E-state index contributed by atoms with van der Waals surface area (Å²) in [5.41, 5.74) is 0.982. The van der Waals surface area contributed by atoms with Gasteiger partial charge in [-0.1, -0.05) is 32.9 Å². The molecule has 1 aromatic heterocycles. The maximum atomic E-state index is 5.30. The minimum absolute atomic E-state index is 0. The number of hydrogen-bond acceptors (Lipinski definition) is 3. The molecule has 6 heteroatoms. The molecular weight excluding hydrogens is 391 g/mol. The van der Waals surface area contributed by atoms with E-state index < -0.39 is 0 Å². The average molecular weight is 422 g/mol. The molecule has 0 radical (unpaired) electrons. The molecule has 0 atom stereocenters. The second-order valence-corrected chi connectivity index (χ2v) is 6.03. The SMILES string of the molecule is CCNC(=NCc1cc(C(C)C)no1)NCCCC(C)C.I. The molecule has 128 valence electrons. The highest BCUT2D eigenvalue weighted by atomic mass is 127. The Morgan fingerprint density at radius 1 is 1.27 bits per heavy atom. The first kappa shape index (κ1) is 21.2. The van der Waals surface area contributed by atoms with Crippen molar-refractivity contribution in [3.05, 3.63) is 17.5 Å². The van der Waals surface area contributed by atoms with E-state index in [9.17, 15) is 0 Å². The van der Waals surface area contributed by atoms with Gasteiger partial charge in [-0.3, -0.25) is 0 Å². The van der Waals surface area contributed by atoms with Gasteiger partial charge in [-0.25, -0.2) is 4.99 Å². The molecule has 1 aromatic rings. The first-order valence-electron chi connectivity index (χ1n) is 8.00. The lowest BCUT2D eigenvalue weighted by molar-refractivity contribution is 0.376. The van der Waals surface area contributed by atoms with Crippen LogP contribution >= 0.6 is 24.0 Å². The van der Waals surface area contributed by atoms with Gasteiger partial charge in [0, 0.05) is 19.2 Å². The highest BCUT2D eigenvalue weighted by Crippen LogP contribution is 2.14. The van der Waals surface area contributed by atoms with Crippen molar-refractivity contribution < 1.29 is 4.52 Å². The fourth-order valence-electron chi connectivity index (χ4n) is 1.89. The second kappa shape index (κ2) is 11.7. The highest BCUT2D eigenvalue weighted by Gasteiger charge is 2.07. The van der Waals surface area contributed by atoms with Crippen molar-refractivity contribution >= 4 is 29.9 Å². The molecule has 2 N–H and O–H groups in total. The van der Waals surface area contributed by atoms with Crippen LogP contribution in [0.5, 0.6) is 0 Å². The number of guanidine groups is 1. The lowest BCUT2D eigenvalue weighted by Gasteiger charge is -2.11. The highest BCUT2D eigenvalue weighted by molar-refractivity contribution is 14.0. The first-order chi connectivity index (χ1) is 10.0. The smallest absolute Gasteiger partial charge is 0.191 e. The molecule has 0 saturated heterocycles. The summed E-state index contributed by atoms with van der Waals surface area (Å²) in [6.07, 6.45) is 2.38. The van der Waals surface area contributed by atoms with E-state index in [1.165, 1.54) is 6.42 Å². The fourth-order valence-corrected chi connectivity index (χ4v) is 1.89. The van der Waals surface area contributed by atoms with Crippen LogP contribution in [0.2, 0.25) is 0 Å². The Kier molecular flexibility index (Phi) is 11.3. The number of nitrogens with zero attached hydrogens (tertiary/aromatic N) is 2. The number of halogens is 1. The average Bonchev–Trinajstić information content (AvgIpc) is 2.89. The van der Waals surface area contributed by atoms with Crippen molar-refractivity contribution in [3.63, 3.8) is 0 Å². The summed E-state index contributed by atoms with van der Waals surface area (Å²) in [6.45, 7) is 13.1. The maximum absolute atomic E-state index is 5.30. The van der Waals surface area contributed by atoms with Gasteiger partial charge in [0.25, 0.3) is 0 Å². The van der Waals surface area contributed by atoms with Crippen molar-refractivity contribution in [2.24, 2.45) is 10.9 Å². The minimum Gasteiger partial charge on any atom is -0.359 e. The van der Waals surface area contributed by atoms with Gasteiger partial charge in [0.1, 0.15) is 6.54 Å². The molecule has 1 heterocycles. The van der Waals surface area contributed by atoms with Crippen LogP contribution in [0.15, 0.2) is 15.6 Å². The van der Waals surface area contributed by atoms with Gasteiger partial charge >= 0.3 is 0 Å². The molecule has 0 bridgehead atoms. The number of rotatable bonds is 8. The molecular formula is C16H31IN4O. The number of aromatic nitrogens is 1. The van der Waals surface area contributed by atoms with E-state index >= 15 is 0 Å². The molecule has 0 aliphatic carbocycles. The van der Waals surface area contributed by atoms with E-state index in [0.29, 0.717) is 12.5 Å². The van der Waals surface area contributed by atoms with E-state index in [1.807, 2.05) is 6.07 Å². The Morgan fingerprint density at radius 3 is 2.55 bits per heavy atom. The third kappa shape index (κ3) is 8.60. The van der Waals surface area contributed by atoms with Crippen molar-refractivity contribution in [3.8, 4) is 0 Å². The van der Waals surface area contributed by atoms with Crippen molar-refractivity contribution in [1.29, 1.82) is 0 Å². The lowest BCUT2D eigenvalue weighted by Crippen LogP contribution is -2.37. The van der Waals surface area contributed by atoms with Gasteiger partial charge in [0.15, 0.2) is 11.7 Å². The Labute approximate surface area is 151 Å². The van der Waals surface area contributed by atoms with Crippen molar-refractivity contribution in [2.45, 2.75) is 59.9 Å². The largest absolute Gasteiger partial charge is 0.359 e. The van der Waals surface area contributed by atoms with Crippen LogP contribution in [-0.2, 0) is 6.54 Å². The molecule has 0 amide bonds. The first-order valence-corrected chi connectivity index (χ1v) is 8.00. The van der Waals surface area contributed by atoms with Gasteiger partial charge in [0.05, 0.1) is 5.69 Å².